The number of para-hydroxylation sites is 1. The van der Waals surface area contributed by atoms with Crippen LogP contribution in [0.1, 0.15) is 16.7 Å². The van der Waals surface area contributed by atoms with Crippen molar-refractivity contribution in [3.63, 3.8) is 0 Å². The fourth-order valence-corrected chi connectivity index (χ4v) is 4.42. The van der Waals surface area contributed by atoms with Gasteiger partial charge in [0.15, 0.2) is 5.16 Å². The predicted molar refractivity (Wildman–Crippen MR) is 134 cm³/mol. The van der Waals surface area contributed by atoms with Crippen molar-refractivity contribution < 1.29 is 9.53 Å². The normalized spacial score (nSPS) is 10.9. The Morgan fingerprint density at radius 3 is 2.55 bits per heavy atom. The van der Waals surface area contributed by atoms with Gasteiger partial charge in [-0.3, -0.25) is 14.2 Å². The van der Waals surface area contributed by atoms with Crippen molar-refractivity contribution in [2.45, 2.75) is 25.9 Å². The zero-order chi connectivity index (χ0) is 23.5. The minimum absolute atomic E-state index is 0.0900. The third kappa shape index (κ3) is 4.78. The second kappa shape index (κ2) is 9.50. The number of nitrogens with one attached hydrogen (secondary N) is 1. The molecule has 6 nitrogen and oxygen atoms in total. The van der Waals surface area contributed by atoms with Crippen molar-refractivity contribution in [3.8, 4) is 11.4 Å². The number of benzene rings is 3. The standard InChI is InChI=1S/C26H25N3O3S/c1-16-10-12-23(32-4)21(13-16)27-24(30)15-33-26-28-20-8-6-5-7-19(20)25(31)29(26)22-14-17(2)9-11-18(22)3/h5-14H,15H2,1-4H3,(H,27,30). The lowest BCUT2D eigenvalue weighted by atomic mass is 10.1. The molecule has 0 atom stereocenters. The van der Waals surface area contributed by atoms with Gasteiger partial charge in [0, 0.05) is 0 Å². The van der Waals surface area contributed by atoms with Gasteiger partial charge < -0.3 is 10.1 Å². The molecule has 0 fully saturated rings. The summed E-state index contributed by atoms with van der Waals surface area (Å²) in [5.74, 6) is 0.473. The molecule has 3 aromatic carbocycles. The van der Waals surface area contributed by atoms with E-state index in [1.165, 1.54) is 11.8 Å². The van der Waals surface area contributed by atoms with Crippen LogP contribution in [0.25, 0.3) is 16.6 Å². The van der Waals surface area contributed by atoms with Crippen LogP contribution in [0.2, 0.25) is 0 Å². The van der Waals surface area contributed by atoms with Crippen molar-refractivity contribution in [1.29, 1.82) is 0 Å². The summed E-state index contributed by atoms with van der Waals surface area (Å²) in [7, 11) is 1.57. The van der Waals surface area contributed by atoms with Gasteiger partial charge in [-0.2, -0.15) is 0 Å². The molecule has 0 aliphatic rings. The lowest BCUT2D eigenvalue weighted by molar-refractivity contribution is -0.113. The van der Waals surface area contributed by atoms with E-state index < -0.39 is 0 Å². The minimum Gasteiger partial charge on any atom is -0.495 e. The molecule has 0 saturated heterocycles. The highest BCUT2D eigenvalue weighted by molar-refractivity contribution is 7.99. The summed E-state index contributed by atoms with van der Waals surface area (Å²) >= 11 is 1.23. The summed E-state index contributed by atoms with van der Waals surface area (Å²) in [5, 5.41) is 3.91. The molecule has 168 valence electrons. The second-order valence-electron chi connectivity index (χ2n) is 7.88. The highest BCUT2D eigenvalue weighted by Gasteiger charge is 2.17. The maximum absolute atomic E-state index is 13.5. The molecule has 1 aromatic heterocycles. The van der Waals surface area contributed by atoms with Crippen LogP contribution in [-0.4, -0.2) is 28.3 Å². The number of carbonyl (C=O) groups excluding carboxylic acids is 1. The van der Waals surface area contributed by atoms with Crippen LogP contribution in [0.15, 0.2) is 70.6 Å². The molecule has 0 radical (unpaired) electrons. The van der Waals surface area contributed by atoms with Crippen molar-refractivity contribution in [1.82, 2.24) is 9.55 Å². The van der Waals surface area contributed by atoms with Crippen LogP contribution in [0, 0.1) is 20.8 Å². The van der Waals surface area contributed by atoms with E-state index in [0.717, 1.165) is 22.4 Å². The Morgan fingerprint density at radius 2 is 1.76 bits per heavy atom. The third-order valence-corrected chi connectivity index (χ3v) is 6.25. The number of thioether (sulfide) groups is 1. The van der Waals surface area contributed by atoms with E-state index in [1.807, 2.05) is 75.4 Å². The first-order valence-electron chi connectivity index (χ1n) is 10.5. The number of ether oxygens (including phenoxy) is 1. The van der Waals surface area contributed by atoms with Gasteiger partial charge in [0.05, 0.1) is 35.1 Å². The van der Waals surface area contributed by atoms with Crippen molar-refractivity contribution in [3.05, 3.63) is 87.7 Å². The number of fused-ring (bicyclic) bond motifs is 1. The molecule has 0 unspecified atom stereocenters. The first kappa shape index (κ1) is 22.6. The fourth-order valence-electron chi connectivity index (χ4n) is 3.62. The van der Waals surface area contributed by atoms with Crippen LogP contribution >= 0.6 is 11.8 Å². The topological polar surface area (TPSA) is 73.2 Å². The molecule has 33 heavy (non-hydrogen) atoms. The fraction of sp³-hybridized carbons (Fsp3) is 0.192. The van der Waals surface area contributed by atoms with Crippen molar-refractivity contribution in [2.75, 3.05) is 18.2 Å². The number of amides is 1. The molecule has 4 aromatic rings. The second-order valence-corrected chi connectivity index (χ2v) is 8.83. The summed E-state index contributed by atoms with van der Waals surface area (Å²) in [6.07, 6.45) is 0. The van der Waals surface area contributed by atoms with Crippen LogP contribution in [-0.2, 0) is 4.79 Å². The molecule has 0 saturated carbocycles. The molecule has 7 heteroatoms. The van der Waals surface area contributed by atoms with Crippen LogP contribution in [0.4, 0.5) is 5.69 Å². The molecule has 1 heterocycles. The Bertz CT molecular complexity index is 1410. The average Bonchev–Trinajstić information content (AvgIpc) is 2.80. The number of aromatic nitrogens is 2. The number of nitrogens with zero attached hydrogens (tertiary/aromatic N) is 2. The van der Waals surface area contributed by atoms with E-state index >= 15 is 0 Å². The first-order valence-corrected chi connectivity index (χ1v) is 11.5. The number of carbonyl (C=O) groups is 1. The van der Waals surface area contributed by atoms with E-state index in [1.54, 1.807) is 17.7 Å². The molecular formula is C26H25N3O3S. The van der Waals surface area contributed by atoms with Gasteiger partial charge in [-0.15, -0.1) is 0 Å². The Hall–Kier alpha value is -3.58. The lowest BCUT2D eigenvalue weighted by Crippen LogP contribution is -2.23. The average molecular weight is 460 g/mol. The summed E-state index contributed by atoms with van der Waals surface area (Å²) < 4.78 is 6.96. The molecule has 4 rings (SSSR count). The van der Waals surface area contributed by atoms with Gasteiger partial charge in [-0.1, -0.05) is 42.1 Å². The van der Waals surface area contributed by atoms with E-state index in [0.29, 0.717) is 27.5 Å². The van der Waals surface area contributed by atoms with E-state index in [4.69, 9.17) is 9.72 Å². The Kier molecular flexibility index (Phi) is 6.51. The molecular weight excluding hydrogens is 434 g/mol. The smallest absolute Gasteiger partial charge is 0.266 e. The summed E-state index contributed by atoms with van der Waals surface area (Å²) in [6, 6.07) is 18.8. The quantitative estimate of drug-likeness (QED) is 0.323. The highest BCUT2D eigenvalue weighted by Crippen LogP contribution is 2.27. The molecule has 1 amide bonds. The summed E-state index contributed by atoms with van der Waals surface area (Å²) in [5.41, 5.74) is 4.83. The predicted octanol–water partition coefficient (Wildman–Crippen LogP) is 5.05. The van der Waals surface area contributed by atoms with Gasteiger partial charge in [0.2, 0.25) is 5.91 Å². The number of aryl methyl sites for hydroxylation is 3. The van der Waals surface area contributed by atoms with Gasteiger partial charge in [-0.25, -0.2) is 4.98 Å². The van der Waals surface area contributed by atoms with E-state index in [2.05, 4.69) is 5.32 Å². The molecule has 0 bridgehead atoms. The van der Waals surface area contributed by atoms with Crippen LogP contribution < -0.4 is 15.6 Å². The number of hydrogen-bond acceptors (Lipinski definition) is 5. The van der Waals surface area contributed by atoms with Gasteiger partial charge in [0.1, 0.15) is 5.75 Å². The van der Waals surface area contributed by atoms with E-state index in [-0.39, 0.29) is 17.2 Å². The zero-order valence-electron chi connectivity index (χ0n) is 19.0. The maximum atomic E-state index is 13.5. The lowest BCUT2D eigenvalue weighted by Gasteiger charge is -2.16. The molecule has 0 spiro atoms. The monoisotopic (exact) mass is 459 g/mol. The number of hydrogen-bond donors (Lipinski definition) is 1. The van der Waals surface area contributed by atoms with E-state index in [9.17, 15) is 9.59 Å². The zero-order valence-corrected chi connectivity index (χ0v) is 19.8. The van der Waals surface area contributed by atoms with Gasteiger partial charge in [0.25, 0.3) is 5.56 Å². The third-order valence-electron chi connectivity index (χ3n) is 5.31. The Morgan fingerprint density at radius 1 is 1.03 bits per heavy atom. The van der Waals surface area contributed by atoms with Crippen molar-refractivity contribution in [2.24, 2.45) is 0 Å². The molecule has 0 aliphatic heterocycles. The van der Waals surface area contributed by atoms with Gasteiger partial charge >= 0.3 is 0 Å². The molecule has 0 aliphatic carbocycles. The first-order chi connectivity index (χ1) is 15.9. The summed E-state index contributed by atoms with van der Waals surface area (Å²) in [6.45, 7) is 5.89. The van der Waals surface area contributed by atoms with Gasteiger partial charge in [-0.05, 0) is 67.8 Å². The largest absolute Gasteiger partial charge is 0.495 e. The SMILES string of the molecule is COc1ccc(C)cc1NC(=O)CSc1nc2ccccc2c(=O)n1-c1cc(C)ccc1C. The van der Waals surface area contributed by atoms with Crippen LogP contribution in [0.3, 0.4) is 0 Å². The number of anilines is 1. The number of rotatable bonds is 6. The maximum Gasteiger partial charge on any atom is 0.266 e. The Labute approximate surface area is 196 Å². The van der Waals surface area contributed by atoms with Crippen LogP contribution in [0.5, 0.6) is 5.75 Å². The van der Waals surface area contributed by atoms with Crippen molar-refractivity contribution >= 4 is 34.3 Å². The molecule has 1 N–H and O–H groups in total. The highest BCUT2D eigenvalue weighted by atomic mass is 32.2. The number of methoxy groups -OCH3 is 1. The minimum atomic E-state index is -0.209. The Balaban J connectivity index is 1.70. The summed E-state index contributed by atoms with van der Waals surface area (Å²) in [4.78, 5) is 31.0.